The number of pyridine rings is 1. The zero-order valence-electron chi connectivity index (χ0n) is 9.77. The van der Waals surface area contributed by atoms with E-state index in [2.05, 4.69) is 25.8 Å². The molecular formula is C12H17BrN2O2. The first kappa shape index (κ1) is 13.0. The van der Waals surface area contributed by atoms with Gasteiger partial charge in [0.05, 0.1) is 26.4 Å². The molecular weight excluding hydrogens is 284 g/mol. The monoisotopic (exact) mass is 300 g/mol. The lowest BCUT2D eigenvalue weighted by molar-refractivity contribution is 0.0180. The summed E-state index contributed by atoms with van der Waals surface area (Å²) in [5, 5.41) is 0. The first-order chi connectivity index (χ1) is 8.34. The molecule has 1 saturated heterocycles. The quantitative estimate of drug-likeness (QED) is 0.775. The summed E-state index contributed by atoms with van der Waals surface area (Å²) in [5.41, 5.74) is 1.10. The Morgan fingerprint density at radius 3 is 2.94 bits per heavy atom. The van der Waals surface area contributed by atoms with Crippen LogP contribution in [0.3, 0.4) is 0 Å². The molecule has 94 valence electrons. The Hall–Kier alpha value is -0.490. The third-order valence-corrected chi connectivity index (χ3v) is 3.12. The molecule has 1 aliphatic rings. The number of hydrogen-bond acceptors (Lipinski definition) is 4. The van der Waals surface area contributed by atoms with Crippen LogP contribution in [0.2, 0.25) is 0 Å². The molecule has 0 aliphatic carbocycles. The highest BCUT2D eigenvalue weighted by Gasteiger charge is 2.09. The van der Waals surface area contributed by atoms with Gasteiger partial charge in [-0.3, -0.25) is 9.88 Å². The van der Waals surface area contributed by atoms with Gasteiger partial charge >= 0.3 is 0 Å². The zero-order valence-corrected chi connectivity index (χ0v) is 11.4. The van der Waals surface area contributed by atoms with Gasteiger partial charge in [-0.15, -0.1) is 0 Å². The van der Waals surface area contributed by atoms with Crippen LogP contribution in [0, 0.1) is 0 Å². The van der Waals surface area contributed by atoms with E-state index < -0.39 is 0 Å². The number of ether oxygens (including phenoxy) is 2. The Balaban J connectivity index is 1.62. The largest absolute Gasteiger partial charge is 0.379 e. The first-order valence-corrected chi connectivity index (χ1v) is 6.61. The average Bonchev–Trinajstić information content (AvgIpc) is 2.36. The van der Waals surface area contributed by atoms with Crippen molar-refractivity contribution in [2.24, 2.45) is 0 Å². The van der Waals surface area contributed by atoms with Gasteiger partial charge in [0.25, 0.3) is 0 Å². The van der Waals surface area contributed by atoms with E-state index in [9.17, 15) is 0 Å². The predicted octanol–water partition coefficient (Wildman–Crippen LogP) is 1.69. The lowest BCUT2D eigenvalue weighted by Gasteiger charge is -2.26. The van der Waals surface area contributed by atoms with E-state index in [4.69, 9.17) is 9.47 Å². The number of halogens is 1. The van der Waals surface area contributed by atoms with E-state index in [1.807, 2.05) is 12.3 Å². The number of nitrogens with zero attached hydrogens (tertiary/aromatic N) is 2. The third-order valence-electron chi connectivity index (χ3n) is 2.69. The van der Waals surface area contributed by atoms with Gasteiger partial charge in [0.2, 0.25) is 0 Å². The Bertz CT molecular complexity index is 343. The van der Waals surface area contributed by atoms with E-state index in [0.29, 0.717) is 6.61 Å². The Labute approximate surface area is 110 Å². The zero-order chi connectivity index (χ0) is 11.9. The van der Waals surface area contributed by atoms with Gasteiger partial charge in [0.15, 0.2) is 0 Å². The van der Waals surface area contributed by atoms with E-state index in [0.717, 1.165) is 49.5 Å². The van der Waals surface area contributed by atoms with Gasteiger partial charge in [-0.25, -0.2) is 0 Å². The highest BCUT2D eigenvalue weighted by Crippen LogP contribution is 2.10. The molecule has 0 amide bonds. The molecule has 4 nitrogen and oxygen atoms in total. The van der Waals surface area contributed by atoms with Crippen LogP contribution >= 0.6 is 15.9 Å². The topological polar surface area (TPSA) is 34.6 Å². The van der Waals surface area contributed by atoms with Crippen molar-refractivity contribution < 1.29 is 9.47 Å². The Morgan fingerprint density at radius 1 is 1.35 bits per heavy atom. The maximum Gasteiger partial charge on any atom is 0.0732 e. The number of rotatable bonds is 5. The second kappa shape index (κ2) is 7.06. The SMILES string of the molecule is Brc1cncc(COCCN2CCOCC2)c1. The van der Waals surface area contributed by atoms with Crippen molar-refractivity contribution >= 4 is 15.9 Å². The smallest absolute Gasteiger partial charge is 0.0732 e. The normalized spacial score (nSPS) is 17.2. The van der Waals surface area contributed by atoms with Crippen LogP contribution in [-0.2, 0) is 16.1 Å². The molecule has 2 rings (SSSR count). The van der Waals surface area contributed by atoms with Gasteiger partial charge in [-0.1, -0.05) is 0 Å². The molecule has 0 N–H and O–H groups in total. The maximum absolute atomic E-state index is 5.63. The second-order valence-corrected chi connectivity index (χ2v) is 4.93. The van der Waals surface area contributed by atoms with Crippen molar-refractivity contribution in [3.05, 3.63) is 28.5 Å². The van der Waals surface area contributed by atoms with Crippen molar-refractivity contribution in [2.75, 3.05) is 39.5 Å². The average molecular weight is 301 g/mol. The number of hydrogen-bond donors (Lipinski definition) is 0. The van der Waals surface area contributed by atoms with Crippen molar-refractivity contribution in [1.29, 1.82) is 0 Å². The van der Waals surface area contributed by atoms with E-state index >= 15 is 0 Å². The maximum atomic E-state index is 5.63. The van der Waals surface area contributed by atoms with Gasteiger partial charge in [-0.05, 0) is 27.6 Å². The summed E-state index contributed by atoms with van der Waals surface area (Å²) in [7, 11) is 0. The molecule has 2 heterocycles. The minimum atomic E-state index is 0.622. The third kappa shape index (κ3) is 4.71. The van der Waals surface area contributed by atoms with Gasteiger partial charge < -0.3 is 9.47 Å². The van der Waals surface area contributed by atoms with Crippen LogP contribution in [0.25, 0.3) is 0 Å². The van der Waals surface area contributed by atoms with Crippen LogP contribution in [0.15, 0.2) is 22.9 Å². The van der Waals surface area contributed by atoms with Crippen LogP contribution in [-0.4, -0.2) is 49.3 Å². The van der Waals surface area contributed by atoms with Crippen LogP contribution < -0.4 is 0 Å². The second-order valence-electron chi connectivity index (χ2n) is 4.02. The summed E-state index contributed by atoms with van der Waals surface area (Å²) in [6.07, 6.45) is 3.61. The van der Waals surface area contributed by atoms with E-state index in [1.165, 1.54) is 0 Å². The van der Waals surface area contributed by atoms with Crippen LogP contribution in [0.4, 0.5) is 0 Å². The highest BCUT2D eigenvalue weighted by atomic mass is 79.9. The molecule has 1 aliphatic heterocycles. The minimum Gasteiger partial charge on any atom is -0.379 e. The molecule has 0 aromatic carbocycles. The van der Waals surface area contributed by atoms with E-state index in [-0.39, 0.29) is 0 Å². The minimum absolute atomic E-state index is 0.622. The van der Waals surface area contributed by atoms with Gasteiger partial charge in [0, 0.05) is 36.5 Å². The fourth-order valence-corrected chi connectivity index (χ4v) is 2.16. The number of aromatic nitrogens is 1. The summed E-state index contributed by atoms with van der Waals surface area (Å²) in [6, 6.07) is 2.03. The summed E-state index contributed by atoms with van der Waals surface area (Å²) in [4.78, 5) is 6.46. The molecule has 0 atom stereocenters. The fourth-order valence-electron chi connectivity index (χ4n) is 1.74. The van der Waals surface area contributed by atoms with Gasteiger partial charge in [0.1, 0.15) is 0 Å². The molecule has 0 bridgehead atoms. The summed E-state index contributed by atoms with van der Waals surface area (Å²) in [5.74, 6) is 0. The van der Waals surface area contributed by atoms with Crippen molar-refractivity contribution in [1.82, 2.24) is 9.88 Å². The summed E-state index contributed by atoms with van der Waals surface area (Å²) >= 11 is 3.39. The van der Waals surface area contributed by atoms with E-state index in [1.54, 1.807) is 6.20 Å². The molecule has 17 heavy (non-hydrogen) atoms. The van der Waals surface area contributed by atoms with Crippen molar-refractivity contribution in [3.63, 3.8) is 0 Å². The summed E-state index contributed by atoms with van der Waals surface area (Å²) < 4.78 is 11.9. The molecule has 0 radical (unpaired) electrons. The van der Waals surface area contributed by atoms with Crippen LogP contribution in [0.1, 0.15) is 5.56 Å². The molecule has 0 saturated carbocycles. The van der Waals surface area contributed by atoms with Crippen molar-refractivity contribution in [3.8, 4) is 0 Å². The molecule has 1 aromatic heterocycles. The van der Waals surface area contributed by atoms with Crippen LogP contribution in [0.5, 0.6) is 0 Å². The summed E-state index contributed by atoms with van der Waals surface area (Å²) in [6.45, 7) is 6.07. The van der Waals surface area contributed by atoms with Crippen molar-refractivity contribution in [2.45, 2.75) is 6.61 Å². The molecule has 5 heteroatoms. The molecule has 1 fully saturated rings. The highest BCUT2D eigenvalue weighted by molar-refractivity contribution is 9.10. The molecule has 0 spiro atoms. The Kier molecular flexibility index (Phi) is 5.38. The lowest BCUT2D eigenvalue weighted by Crippen LogP contribution is -2.38. The standard InChI is InChI=1S/C12H17BrN2O2/c13-12-7-11(8-14-9-12)10-17-6-3-15-1-4-16-5-2-15/h7-9H,1-6,10H2. The molecule has 1 aromatic rings. The van der Waals surface area contributed by atoms with Gasteiger partial charge in [-0.2, -0.15) is 0 Å². The first-order valence-electron chi connectivity index (χ1n) is 5.82. The fraction of sp³-hybridized carbons (Fsp3) is 0.583. The number of morpholine rings is 1. The lowest BCUT2D eigenvalue weighted by atomic mass is 10.3. The molecule has 0 unspecified atom stereocenters. The Morgan fingerprint density at radius 2 is 2.18 bits per heavy atom. The predicted molar refractivity (Wildman–Crippen MR) is 68.9 cm³/mol.